The van der Waals surface area contributed by atoms with E-state index in [-0.39, 0.29) is 5.60 Å². The fourth-order valence-corrected chi connectivity index (χ4v) is 1.83. The van der Waals surface area contributed by atoms with Gasteiger partial charge in [-0.25, -0.2) is 0 Å². The third kappa shape index (κ3) is 0.345. The van der Waals surface area contributed by atoms with Gasteiger partial charge < -0.3 is 4.74 Å². The molecule has 3 rings (SSSR count). The zero-order chi connectivity index (χ0) is 6.60. The highest BCUT2D eigenvalue weighted by Crippen LogP contribution is 2.57. The fraction of sp³-hybridized carbons (Fsp3) is 0.333. The minimum absolute atomic E-state index is 0.128. The molecule has 1 saturated heterocycles. The molecule has 1 aromatic carbocycles. The predicted molar refractivity (Wildman–Crippen MR) is 37.8 cm³/mol. The molecule has 0 radical (unpaired) electrons. The van der Waals surface area contributed by atoms with Crippen molar-refractivity contribution in [2.45, 2.75) is 12.0 Å². The van der Waals surface area contributed by atoms with E-state index >= 15 is 0 Å². The Morgan fingerprint density at radius 1 is 1.20 bits per heavy atom. The molecule has 1 aromatic rings. The van der Waals surface area contributed by atoms with Crippen LogP contribution in [0.25, 0.3) is 0 Å². The summed E-state index contributed by atoms with van der Waals surface area (Å²) in [6, 6.07) is 8.48. The number of rotatable bonds is 0. The molecule has 1 heterocycles. The average molecular weight is 132 g/mol. The summed E-state index contributed by atoms with van der Waals surface area (Å²) in [5.74, 6) is 0. The van der Waals surface area contributed by atoms with Crippen molar-refractivity contribution in [3.63, 3.8) is 0 Å². The normalized spacial score (nSPS) is 23.6. The zero-order valence-corrected chi connectivity index (χ0v) is 5.63. The lowest BCUT2D eigenvalue weighted by molar-refractivity contribution is -0.0884. The first-order valence-corrected chi connectivity index (χ1v) is 3.67. The zero-order valence-electron chi connectivity index (χ0n) is 5.63. The van der Waals surface area contributed by atoms with Crippen LogP contribution in [0.2, 0.25) is 0 Å². The van der Waals surface area contributed by atoms with Gasteiger partial charge in [-0.15, -0.1) is 0 Å². The van der Waals surface area contributed by atoms with Gasteiger partial charge in [0.25, 0.3) is 0 Å². The summed E-state index contributed by atoms with van der Waals surface area (Å²) >= 11 is 0. The lowest BCUT2D eigenvalue weighted by Gasteiger charge is -2.26. The Bertz CT molecular complexity index is 262. The molecule has 0 N–H and O–H groups in total. The van der Waals surface area contributed by atoms with Crippen molar-refractivity contribution < 1.29 is 4.74 Å². The molecular formula is C9H8O. The van der Waals surface area contributed by atoms with E-state index in [2.05, 4.69) is 24.3 Å². The second-order valence-corrected chi connectivity index (χ2v) is 2.97. The van der Waals surface area contributed by atoms with E-state index in [1.54, 1.807) is 0 Å². The Balaban J connectivity index is 2.15. The van der Waals surface area contributed by atoms with Gasteiger partial charge in [0.1, 0.15) is 5.60 Å². The molecule has 1 spiro atoms. The minimum Gasteiger partial charge on any atom is -0.365 e. The van der Waals surface area contributed by atoms with Gasteiger partial charge in [0.2, 0.25) is 0 Å². The molecule has 0 atom stereocenters. The van der Waals surface area contributed by atoms with Crippen LogP contribution in [-0.2, 0) is 10.3 Å². The van der Waals surface area contributed by atoms with Crippen molar-refractivity contribution in [3.05, 3.63) is 35.4 Å². The summed E-state index contributed by atoms with van der Waals surface area (Å²) in [6.45, 7) is 0.939. The Morgan fingerprint density at radius 2 is 1.80 bits per heavy atom. The first-order chi connectivity index (χ1) is 4.93. The first-order valence-electron chi connectivity index (χ1n) is 3.67. The average Bonchev–Trinajstić information content (AvgIpc) is 2.54. The Labute approximate surface area is 59.6 Å². The van der Waals surface area contributed by atoms with E-state index in [1.165, 1.54) is 17.5 Å². The van der Waals surface area contributed by atoms with Crippen LogP contribution in [0.3, 0.4) is 0 Å². The summed E-state index contributed by atoms with van der Waals surface area (Å²) < 4.78 is 5.50. The Morgan fingerprint density at radius 3 is 2.20 bits per heavy atom. The van der Waals surface area contributed by atoms with Gasteiger partial charge in [0.15, 0.2) is 0 Å². The molecule has 1 fully saturated rings. The third-order valence-corrected chi connectivity index (χ3v) is 2.54. The maximum absolute atomic E-state index is 5.50. The SMILES string of the molecule is c1ccc2c(c1)C21CCO1. The van der Waals surface area contributed by atoms with Crippen LogP contribution in [0.15, 0.2) is 24.3 Å². The second kappa shape index (κ2) is 1.28. The Hall–Kier alpha value is -0.820. The van der Waals surface area contributed by atoms with Gasteiger partial charge >= 0.3 is 0 Å². The van der Waals surface area contributed by atoms with Gasteiger partial charge in [0, 0.05) is 6.42 Å². The highest BCUT2D eigenvalue weighted by molar-refractivity contribution is 5.58. The fourth-order valence-electron chi connectivity index (χ4n) is 1.83. The van der Waals surface area contributed by atoms with E-state index in [4.69, 9.17) is 4.74 Å². The van der Waals surface area contributed by atoms with Crippen molar-refractivity contribution in [2.24, 2.45) is 0 Å². The highest BCUT2D eigenvalue weighted by atomic mass is 16.5. The number of ether oxygens (including phenoxy) is 1. The molecule has 1 heteroatoms. The van der Waals surface area contributed by atoms with Crippen molar-refractivity contribution >= 4 is 0 Å². The molecule has 0 saturated carbocycles. The van der Waals surface area contributed by atoms with E-state index in [1.807, 2.05) is 0 Å². The van der Waals surface area contributed by atoms with Crippen LogP contribution in [0.4, 0.5) is 0 Å². The third-order valence-electron chi connectivity index (χ3n) is 2.54. The van der Waals surface area contributed by atoms with Crippen LogP contribution in [0, 0.1) is 0 Å². The maximum atomic E-state index is 5.50. The second-order valence-electron chi connectivity index (χ2n) is 2.97. The van der Waals surface area contributed by atoms with Crippen LogP contribution < -0.4 is 0 Å². The molecule has 50 valence electrons. The van der Waals surface area contributed by atoms with Crippen molar-refractivity contribution in [2.75, 3.05) is 6.61 Å². The standard InChI is InChI=1S/C9H8O/c1-2-4-8-7(3-1)9(8)5-6-10-9/h1-4H,5-6H2. The molecular weight excluding hydrogens is 124 g/mol. The number of hydrogen-bond donors (Lipinski definition) is 0. The van der Waals surface area contributed by atoms with Crippen LogP contribution >= 0.6 is 0 Å². The molecule has 10 heavy (non-hydrogen) atoms. The van der Waals surface area contributed by atoms with Crippen LogP contribution in [0.1, 0.15) is 17.5 Å². The number of hydrogen-bond acceptors (Lipinski definition) is 1. The number of benzene rings is 1. The lowest BCUT2D eigenvalue weighted by Crippen LogP contribution is -2.27. The molecule has 1 aliphatic carbocycles. The van der Waals surface area contributed by atoms with E-state index in [0.29, 0.717) is 0 Å². The summed E-state index contributed by atoms with van der Waals surface area (Å²) in [5, 5.41) is 0. The Kier molecular flexibility index (Phi) is 0.627. The molecule has 1 nitrogen and oxygen atoms in total. The summed E-state index contributed by atoms with van der Waals surface area (Å²) in [6.07, 6.45) is 1.20. The largest absolute Gasteiger partial charge is 0.365 e. The van der Waals surface area contributed by atoms with E-state index in [9.17, 15) is 0 Å². The molecule has 0 bridgehead atoms. The topological polar surface area (TPSA) is 9.23 Å². The molecule has 2 aliphatic rings. The maximum Gasteiger partial charge on any atom is 0.121 e. The summed E-state index contributed by atoms with van der Waals surface area (Å²) in [4.78, 5) is 0. The number of fused-ring (bicyclic) bond motifs is 3. The first kappa shape index (κ1) is 4.91. The molecule has 1 aliphatic heterocycles. The van der Waals surface area contributed by atoms with Gasteiger partial charge in [-0.2, -0.15) is 0 Å². The highest BCUT2D eigenvalue weighted by Gasteiger charge is 2.56. The van der Waals surface area contributed by atoms with Crippen LogP contribution in [0.5, 0.6) is 0 Å². The monoisotopic (exact) mass is 132 g/mol. The van der Waals surface area contributed by atoms with Gasteiger partial charge in [0.05, 0.1) is 6.61 Å². The molecule has 0 amide bonds. The van der Waals surface area contributed by atoms with Gasteiger partial charge in [-0.05, 0) is 11.1 Å². The molecule has 0 aromatic heterocycles. The smallest absolute Gasteiger partial charge is 0.121 e. The van der Waals surface area contributed by atoms with Gasteiger partial charge in [-0.1, -0.05) is 24.3 Å². The van der Waals surface area contributed by atoms with Crippen molar-refractivity contribution in [3.8, 4) is 0 Å². The van der Waals surface area contributed by atoms with E-state index in [0.717, 1.165) is 6.61 Å². The van der Waals surface area contributed by atoms with Crippen molar-refractivity contribution in [1.29, 1.82) is 0 Å². The molecule has 0 unspecified atom stereocenters. The quantitative estimate of drug-likeness (QED) is 0.521. The minimum atomic E-state index is 0.128. The van der Waals surface area contributed by atoms with Crippen LogP contribution in [-0.4, -0.2) is 6.61 Å². The van der Waals surface area contributed by atoms with E-state index < -0.39 is 0 Å². The summed E-state index contributed by atoms with van der Waals surface area (Å²) in [7, 11) is 0. The van der Waals surface area contributed by atoms with Gasteiger partial charge in [-0.3, -0.25) is 0 Å². The summed E-state index contributed by atoms with van der Waals surface area (Å²) in [5.41, 5.74) is 2.96. The predicted octanol–water partition coefficient (Wildman–Crippen LogP) is 1.66. The lowest BCUT2D eigenvalue weighted by atomic mass is 10.1. The van der Waals surface area contributed by atoms with Crippen molar-refractivity contribution in [1.82, 2.24) is 0 Å².